The fourth-order valence-electron chi connectivity index (χ4n) is 1.90. The second kappa shape index (κ2) is 2.79. The lowest BCUT2D eigenvalue weighted by molar-refractivity contribution is 0.371. The molecule has 3 rings (SSSR count). The molecule has 3 nitrogen and oxygen atoms in total. The number of hydrogen-bond donors (Lipinski definition) is 2. The van der Waals surface area contributed by atoms with Crippen molar-refractivity contribution in [3.63, 3.8) is 0 Å². The van der Waals surface area contributed by atoms with Gasteiger partial charge in [-0.2, -0.15) is 0 Å². The Kier molecular flexibility index (Phi) is 1.57. The first kappa shape index (κ1) is 8.41. The molecule has 0 atom stereocenters. The van der Waals surface area contributed by atoms with Gasteiger partial charge in [-0.3, -0.25) is 4.57 Å². The molecular weight excluding hydrogens is 190 g/mol. The first-order valence-electron chi connectivity index (χ1n) is 4.93. The van der Waals surface area contributed by atoms with Crippen LogP contribution in [0, 0.1) is 0 Å². The molecule has 0 radical (unpaired) electrons. The molecule has 0 fully saturated rings. The van der Waals surface area contributed by atoms with Crippen molar-refractivity contribution in [3.8, 4) is 11.8 Å². The summed E-state index contributed by atoms with van der Waals surface area (Å²) in [7, 11) is 0. The Bertz CT molecular complexity index is 489. The summed E-state index contributed by atoms with van der Waals surface area (Å²) in [6.45, 7) is 0.519. The second-order valence-corrected chi connectivity index (χ2v) is 3.85. The fraction of sp³-hybridized carbons (Fsp3) is 0.167. The van der Waals surface area contributed by atoms with Crippen molar-refractivity contribution in [1.82, 2.24) is 4.57 Å². The molecule has 3 heteroatoms. The molecule has 0 unspecified atom stereocenters. The van der Waals surface area contributed by atoms with Crippen LogP contribution in [0.2, 0.25) is 0 Å². The van der Waals surface area contributed by atoms with Gasteiger partial charge in [0.1, 0.15) is 0 Å². The van der Waals surface area contributed by atoms with Gasteiger partial charge in [0, 0.05) is 17.5 Å². The minimum Gasteiger partial charge on any atom is -0.494 e. The van der Waals surface area contributed by atoms with Crippen LogP contribution < -0.4 is 0 Å². The van der Waals surface area contributed by atoms with Gasteiger partial charge in [-0.1, -0.05) is 30.3 Å². The van der Waals surface area contributed by atoms with Crippen molar-refractivity contribution >= 4 is 0 Å². The Morgan fingerprint density at radius 3 is 2.20 bits per heavy atom. The van der Waals surface area contributed by atoms with Crippen LogP contribution in [0.3, 0.4) is 0 Å². The molecule has 0 aliphatic heterocycles. The van der Waals surface area contributed by atoms with Crippen LogP contribution in [0.25, 0.3) is 0 Å². The lowest BCUT2D eigenvalue weighted by Gasteiger charge is -2.08. The van der Waals surface area contributed by atoms with E-state index in [-0.39, 0.29) is 11.8 Å². The van der Waals surface area contributed by atoms with Crippen molar-refractivity contribution in [2.75, 3.05) is 0 Å². The molecule has 1 aliphatic rings. The predicted octanol–water partition coefficient (Wildman–Crippen LogP) is 1.85. The Morgan fingerprint density at radius 1 is 1.00 bits per heavy atom. The third kappa shape index (κ3) is 1.20. The maximum atomic E-state index is 9.73. The van der Waals surface area contributed by atoms with E-state index in [9.17, 15) is 10.2 Å². The Morgan fingerprint density at radius 2 is 1.60 bits per heavy atom. The summed E-state index contributed by atoms with van der Waals surface area (Å²) in [5, 5.41) is 19.5. The van der Waals surface area contributed by atoms with E-state index in [0.29, 0.717) is 6.54 Å². The fourth-order valence-corrected chi connectivity index (χ4v) is 1.90. The average molecular weight is 201 g/mol. The van der Waals surface area contributed by atoms with Crippen molar-refractivity contribution in [3.05, 3.63) is 47.0 Å². The highest BCUT2D eigenvalue weighted by Crippen LogP contribution is 2.46. The van der Waals surface area contributed by atoms with Crippen molar-refractivity contribution in [1.29, 1.82) is 0 Å². The van der Waals surface area contributed by atoms with Gasteiger partial charge in [0.2, 0.25) is 0 Å². The summed E-state index contributed by atoms with van der Waals surface area (Å²) in [5.41, 5.74) is 2.85. The summed E-state index contributed by atoms with van der Waals surface area (Å²) in [5.74, 6) is 0.428. The van der Waals surface area contributed by atoms with E-state index in [4.69, 9.17) is 0 Å². The van der Waals surface area contributed by atoms with E-state index < -0.39 is 0 Å². The summed E-state index contributed by atoms with van der Waals surface area (Å²) in [6.07, 6.45) is 0.739. The van der Waals surface area contributed by atoms with E-state index in [1.165, 1.54) is 0 Å². The Balaban J connectivity index is 1.96. The van der Waals surface area contributed by atoms with Crippen LogP contribution in [0.4, 0.5) is 0 Å². The zero-order chi connectivity index (χ0) is 10.4. The lowest BCUT2D eigenvalue weighted by atomic mass is 10.2. The van der Waals surface area contributed by atoms with E-state index in [1.54, 1.807) is 4.57 Å². The topological polar surface area (TPSA) is 45.4 Å². The number of rotatable bonds is 2. The largest absolute Gasteiger partial charge is 0.494 e. The monoisotopic (exact) mass is 201 g/mol. The maximum Gasteiger partial charge on any atom is 0.198 e. The SMILES string of the molecule is Oc1c2c(c(O)n1Cc1ccccc1)C2. The van der Waals surface area contributed by atoms with E-state index in [0.717, 1.165) is 23.1 Å². The van der Waals surface area contributed by atoms with Crippen LogP contribution in [-0.4, -0.2) is 14.8 Å². The van der Waals surface area contributed by atoms with Crippen molar-refractivity contribution in [2.45, 2.75) is 13.0 Å². The quantitative estimate of drug-likeness (QED) is 0.664. The number of nitrogens with zero attached hydrogens (tertiary/aromatic N) is 1. The number of fused-ring (bicyclic) bond motifs is 1. The molecule has 0 spiro atoms. The molecule has 1 aromatic carbocycles. The number of aromatic hydroxyl groups is 2. The molecule has 76 valence electrons. The number of benzene rings is 1. The normalized spacial score (nSPS) is 12.5. The first-order chi connectivity index (χ1) is 7.27. The molecule has 1 heterocycles. The smallest absolute Gasteiger partial charge is 0.198 e. The van der Waals surface area contributed by atoms with Gasteiger partial charge in [0.15, 0.2) is 11.8 Å². The van der Waals surface area contributed by atoms with Crippen LogP contribution in [-0.2, 0) is 13.0 Å². The number of aromatic nitrogens is 1. The highest BCUT2D eigenvalue weighted by atomic mass is 16.3. The third-order valence-electron chi connectivity index (χ3n) is 2.83. The van der Waals surface area contributed by atoms with E-state index in [1.807, 2.05) is 30.3 Å². The number of hydrogen-bond acceptors (Lipinski definition) is 2. The highest BCUT2D eigenvalue weighted by molar-refractivity contribution is 5.59. The summed E-state index contributed by atoms with van der Waals surface area (Å²) in [4.78, 5) is 0. The maximum absolute atomic E-state index is 9.73. The molecule has 1 aliphatic carbocycles. The molecule has 0 amide bonds. The molecule has 1 aromatic heterocycles. The van der Waals surface area contributed by atoms with Gasteiger partial charge < -0.3 is 10.2 Å². The Labute approximate surface area is 87.2 Å². The minimum atomic E-state index is 0.214. The van der Waals surface area contributed by atoms with Gasteiger partial charge >= 0.3 is 0 Å². The predicted molar refractivity (Wildman–Crippen MR) is 56.1 cm³/mol. The first-order valence-corrected chi connectivity index (χ1v) is 4.93. The average Bonchev–Trinajstić information content (AvgIpc) is 3.01. The van der Waals surface area contributed by atoms with Crippen molar-refractivity contribution in [2.24, 2.45) is 0 Å². The third-order valence-corrected chi connectivity index (χ3v) is 2.83. The van der Waals surface area contributed by atoms with Gasteiger partial charge in [-0.15, -0.1) is 0 Å². The highest BCUT2D eigenvalue weighted by Gasteiger charge is 2.32. The van der Waals surface area contributed by atoms with Crippen LogP contribution >= 0.6 is 0 Å². The van der Waals surface area contributed by atoms with E-state index >= 15 is 0 Å². The molecule has 0 saturated heterocycles. The zero-order valence-electron chi connectivity index (χ0n) is 8.14. The van der Waals surface area contributed by atoms with Crippen LogP contribution in [0.5, 0.6) is 11.8 Å². The molecule has 0 bridgehead atoms. The van der Waals surface area contributed by atoms with Gasteiger partial charge in [0.25, 0.3) is 0 Å². The van der Waals surface area contributed by atoms with Crippen LogP contribution in [0.1, 0.15) is 16.7 Å². The lowest BCUT2D eigenvalue weighted by Crippen LogP contribution is -1.99. The van der Waals surface area contributed by atoms with Gasteiger partial charge in [-0.25, -0.2) is 0 Å². The molecule has 2 aromatic rings. The van der Waals surface area contributed by atoms with Crippen molar-refractivity contribution < 1.29 is 10.2 Å². The minimum absolute atomic E-state index is 0.214. The molecule has 15 heavy (non-hydrogen) atoms. The van der Waals surface area contributed by atoms with Gasteiger partial charge in [0.05, 0.1) is 6.54 Å². The summed E-state index contributed by atoms with van der Waals surface area (Å²) >= 11 is 0. The molecular formula is C12H11NO2. The van der Waals surface area contributed by atoms with Gasteiger partial charge in [-0.05, 0) is 5.56 Å². The summed E-state index contributed by atoms with van der Waals surface area (Å²) < 4.78 is 1.55. The summed E-state index contributed by atoms with van der Waals surface area (Å²) in [6, 6.07) is 9.78. The standard InChI is InChI=1S/C12H11NO2/c14-11-9-6-10(9)12(15)13(11)7-8-4-2-1-3-5-8/h1-5,14-15H,6-7H2. The van der Waals surface area contributed by atoms with Crippen LogP contribution in [0.15, 0.2) is 30.3 Å². The zero-order valence-corrected chi connectivity index (χ0v) is 8.14. The Hall–Kier alpha value is -1.90. The molecule has 2 N–H and O–H groups in total. The van der Waals surface area contributed by atoms with E-state index in [2.05, 4.69) is 0 Å². The second-order valence-electron chi connectivity index (χ2n) is 3.85. The molecule has 0 saturated carbocycles.